The van der Waals surface area contributed by atoms with E-state index in [1.54, 1.807) is 11.3 Å². The standard InChI is InChI=1S/C16H28BrN3OS/c1-4-16(5-2,9-10-21)12-20-15(18-6-3)19-11-13-7-8-14(17)22-13/h7-8,21H,4-6,9-12H2,1-3H3,(H2,18,19,20). The maximum absolute atomic E-state index is 9.31. The highest BCUT2D eigenvalue weighted by Gasteiger charge is 2.25. The maximum atomic E-state index is 9.31. The first kappa shape index (κ1) is 19.5. The Hall–Kier alpha value is -0.590. The van der Waals surface area contributed by atoms with Crippen LogP contribution in [0.2, 0.25) is 0 Å². The molecule has 1 heterocycles. The van der Waals surface area contributed by atoms with Gasteiger partial charge in [-0.2, -0.15) is 0 Å². The number of hydrogen-bond acceptors (Lipinski definition) is 3. The molecule has 0 aliphatic heterocycles. The molecule has 6 heteroatoms. The molecule has 0 aliphatic rings. The van der Waals surface area contributed by atoms with E-state index in [1.165, 1.54) is 4.88 Å². The van der Waals surface area contributed by atoms with Gasteiger partial charge >= 0.3 is 0 Å². The molecule has 0 bridgehead atoms. The second kappa shape index (κ2) is 10.2. The fourth-order valence-corrected chi connectivity index (χ4v) is 3.79. The zero-order valence-corrected chi connectivity index (χ0v) is 16.2. The molecular weight excluding hydrogens is 362 g/mol. The van der Waals surface area contributed by atoms with Crippen LogP contribution in [0.25, 0.3) is 0 Å². The van der Waals surface area contributed by atoms with Gasteiger partial charge in [-0.1, -0.05) is 13.8 Å². The third-order valence-corrected chi connectivity index (χ3v) is 5.75. The van der Waals surface area contributed by atoms with Gasteiger partial charge in [0.05, 0.1) is 10.3 Å². The topological polar surface area (TPSA) is 56.7 Å². The largest absolute Gasteiger partial charge is 0.396 e. The normalized spacial score (nSPS) is 12.5. The number of aliphatic imine (C=N–C) groups is 1. The number of nitrogens with zero attached hydrogens (tertiary/aromatic N) is 1. The van der Waals surface area contributed by atoms with Crippen LogP contribution in [0.3, 0.4) is 0 Å². The van der Waals surface area contributed by atoms with Gasteiger partial charge in [0.15, 0.2) is 5.96 Å². The van der Waals surface area contributed by atoms with Crippen LogP contribution in [0.1, 0.15) is 44.9 Å². The van der Waals surface area contributed by atoms with Crippen molar-refractivity contribution >= 4 is 33.2 Å². The van der Waals surface area contributed by atoms with Crippen LogP contribution in [0.5, 0.6) is 0 Å². The minimum Gasteiger partial charge on any atom is -0.396 e. The van der Waals surface area contributed by atoms with E-state index in [1.807, 2.05) is 0 Å². The first-order valence-electron chi connectivity index (χ1n) is 7.96. The molecular formula is C16H28BrN3OS. The number of guanidine groups is 1. The third-order valence-electron chi connectivity index (χ3n) is 4.14. The number of halogens is 1. The van der Waals surface area contributed by atoms with Crippen molar-refractivity contribution in [2.24, 2.45) is 10.4 Å². The highest BCUT2D eigenvalue weighted by atomic mass is 79.9. The van der Waals surface area contributed by atoms with Gasteiger partial charge in [-0.25, -0.2) is 4.99 Å². The van der Waals surface area contributed by atoms with E-state index in [0.29, 0.717) is 6.54 Å². The van der Waals surface area contributed by atoms with Gasteiger partial charge in [-0.05, 0) is 59.7 Å². The summed E-state index contributed by atoms with van der Waals surface area (Å²) in [4.78, 5) is 5.88. The Balaban J connectivity index is 2.66. The summed E-state index contributed by atoms with van der Waals surface area (Å²) in [6.07, 6.45) is 2.92. The van der Waals surface area contributed by atoms with Gasteiger partial charge in [0, 0.05) is 24.6 Å². The summed E-state index contributed by atoms with van der Waals surface area (Å²) in [6, 6.07) is 4.15. The molecule has 22 heavy (non-hydrogen) atoms. The molecule has 0 aliphatic carbocycles. The van der Waals surface area contributed by atoms with E-state index in [9.17, 15) is 5.11 Å². The summed E-state index contributed by atoms with van der Waals surface area (Å²) in [5.41, 5.74) is 0.136. The number of aliphatic hydroxyl groups excluding tert-OH is 1. The van der Waals surface area contributed by atoms with E-state index in [2.05, 4.69) is 64.5 Å². The van der Waals surface area contributed by atoms with Gasteiger partial charge in [0.25, 0.3) is 0 Å². The van der Waals surface area contributed by atoms with Crippen LogP contribution in [0.15, 0.2) is 20.9 Å². The number of aliphatic hydroxyl groups is 1. The third kappa shape index (κ3) is 6.26. The van der Waals surface area contributed by atoms with Crippen molar-refractivity contribution in [3.05, 3.63) is 20.8 Å². The molecule has 1 aromatic rings. The predicted molar refractivity (Wildman–Crippen MR) is 99.6 cm³/mol. The average molecular weight is 390 g/mol. The van der Waals surface area contributed by atoms with E-state index in [-0.39, 0.29) is 12.0 Å². The predicted octanol–water partition coefficient (Wildman–Crippen LogP) is 3.75. The van der Waals surface area contributed by atoms with Gasteiger partial charge in [0.1, 0.15) is 0 Å². The Bertz CT molecular complexity index is 458. The lowest BCUT2D eigenvalue weighted by Gasteiger charge is -2.32. The first-order chi connectivity index (χ1) is 10.6. The SMILES string of the molecule is CCNC(=NCc1ccc(Br)s1)NCC(CC)(CC)CCO. The minimum atomic E-state index is 0.136. The molecule has 1 aromatic heterocycles. The molecule has 0 spiro atoms. The summed E-state index contributed by atoms with van der Waals surface area (Å²) in [5.74, 6) is 0.844. The fraction of sp³-hybridized carbons (Fsp3) is 0.688. The van der Waals surface area contributed by atoms with Crippen molar-refractivity contribution in [2.75, 3.05) is 19.7 Å². The first-order valence-corrected chi connectivity index (χ1v) is 9.57. The molecule has 0 atom stereocenters. The van der Waals surface area contributed by atoms with Crippen LogP contribution < -0.4 is 10.6 Å². The lowest BCUT2D eigenvalue weighted by Crippen LogP contribution is -2.43. The van der Waals surface area contributed by atoms with Crippen molar-refractivity contribution in [3.63, 3.8) is 0 Å². The van der Waals surface area contributed by atoms with E-state index in [0.717, 1.165) is 42.1 Å². The quantitative estimate of drug-likeness (QED) is 0.445. The number of rotatable bonds is 9. The molecule has 126 valence electrons. The van der Waals surface area contributed by atoms with Crippen LogP contribution in [-0.4, -0.2) is 30.8 Å². The second-order valence-corrected chi connectivity index (χ2v) is 7.98. The molecule has 3 N–H and O–H groups in total. The lowest BCUT2D eigenvalue weighted by molar-refractivity contribution is 0.169. The Morgan fingerprint density at radius 3 is 2.50 bits per heavy atom. The van der Waals surface area contributed by atoms with E-state index < -0.39 is 0 Å². The zero-order chi connectivity index (χ0) is 16.4. The zero-order valence-electron chi connectivity index (χ0n) is 13.8. The number of nitrogens with one attached hydrogen (secondary N) is 2. The number of hydrogen-bond donors (Lipinski definition) is 3. The van der Waals surface area contributed by atoms with Gasteiger partial charge in [0.2, 0.25) is 0 Å². The maximum Gasteiger partial charge on any atom is 0.191 e. The average Bonchev–Trinajstić information content (AvgIpc) is 2.94. The Labute approximate surface area is 146 Å². The van der Waals surface area contributed by atoms with Crippen molar-refractivity contribution in [3.8, 4) is 0 Å². The fourth-order valence-electron chi connectivity index (χ4n) is 2.39. The molecule has 0 fully saturated rings. The highest BCUT2D eigenvalue weighted by Crippen LogP contribution is 2.29. The lowest BCUT2D eigenvalue weighted by atomic mass is 9.79. The minimum absolute atomic E-state index is 0.136. The van der Waals surface area contributed by atoms with Crippen LogP contribution in [0.4, 0.5) is 0 Å². The van der Waals surface area contributed by atoms with E-state index >= 15 is 0 Å². The summed E-state index contributed by atoms with van der Waals surface area (Å²) >= 11 is 5.19. The highest BCUT2D eigenvalue weighted by molar-refractivity contribution is 9.11. The smallest absolute Gasteiger partial charge is 0.191 e. The second-order valence-electron chi connectivity index (χ2n) is 5.44. The monoisotopic (exact) mass is 389 g/mol. The van der Waals surface area contributed by atoms with Crippen molar-refractivity contribution in [1.29, 1.82) is 0 Å². The summed E-state index contributed by atoms with van der Waals surface area (Å²) < 4.78 is 1.13. The van der Waals surface area contributed by atoms with Crippen LogP contribution >= 0.6 is 27.3 Å². The van der Waals surface area contributed by atoms with Crippen molar-refractivity contribution < 1.29 is 5.11 Å². The van der Waals surface area contributed by atoms with Crippen molar-refractivity contribution in [1.82, 2.24) is 10.6 Å². The van der Waals surface area contributed by atoms with Crippen LogP contribution in [0, 0.1) is 5.41 Å². The van der Waals surface area contributed by atoms with Crippen molar-refractivity contribution in [2.45, 2.75) is 46.6 Å². The Morgan fingerprint density at radius 2 is 2.00 bits per heavy atom. The summed E-state index contributed by atoms with van der Waals surface area (Å²) in [6.45, 7) is 9.03. The van der Waals surface area contributed by atoms with Crippen LogP contribution in [-0.2, 0) is 6.54 Å². The Kier molecular flexibility index (Phi) is 9.05. The Morgan fingerprint density at radius 1 is 1.27 bits per heavy atom. The molecule has 4 nitrogen and oxygen atoms in total. The molecule has 0 aromatic carbocycles. The molecule has 1 rings (SSSR count). The van der Waals surface area contributed by atoms with E-state index in [4.69, 9.17) is 0 Å². The van der Waals surface area contributed by atoms with Gasteiger partial charge in [-0.15, -0.1) is 11.3 Å². The summed E-state index contributed by atoms with van der Waals surface area (Å²) in [5, 5.41) is 16.0. The molecule has 0 amide bonds. The van der Waals surface area contributed by atoms with Gasteiger partial charge < -0.3 is 15.7 Å². The number of thiophene rings is 1. The molecule has 0 saturated carbocycles. The molecule has 0 unspecified atom stereocenters. The summed E-state index contributed by atoms with van der Waals surface area (Å²) in [7, 11) is 0. The molecule has 0 radical (unpaired) electrons. The van der Waals surface area contributed by atoms with Gasteiger partial charge in [-0.3, -0.25) is 0 Å². The molecule has 0 saturated heterocycles.